The number of pyridine rings is 1. The average molecular weight is 364 g/mol. The van der Waals surface area contributed by atoms with E-state index in [0.717, 1.165) is 38.0 Å². The standard InChI is InChI=1S/C19H20N6O2/c26-16(10-12-2-3-12)14-4-5-15-17(22-14)25(13-6-9-24(15)11-13)19(27)23-18-20-7-1-8-21-18/h1,4-5,7-8,12-13H,2-3,6,9-11H2,(H,20,21,23,27)/t13-/m0/s1. The molecule has 27 heavy (non-hydrogen) atoms. The molecule has 0 unspecified atom stereocenters. The zero-order valence-corrected chi connectivity index (χ0v) is 14.8. The number of rotatable bonds is 4. The molecule has 1 saturated carbocycles. The lowest BCUT2D eigenvalue weighted by molar-refractivity contribution is 0.0971. The summed E-state index contributed by atoms with van der Waals surface area (Å²) in [6.45, 7) is 1.65. The molecule has 4 heterocycles. The molecule has 1 atom stereocenters. The van der Waals surface area contributed by atoms with Gasteiger partial charge in [-0.25, -0.2) is 19.7 Å². The predicted octanol–water partition coefficient (Wildman–Crippen LogP) is 2.49. The number of Topliss-reactive ketones (excluding diaryl/α,β-unsaturated/α-hetero) is 1. The van der Waals surface area contributed by atoms with Gasteiger partial charge in [0.05, 0.1) is 11.7 Å². The summed E-state index contributed by atoms with van der Waals surface area (Å²) in [5.74, 6) is 1.37. The molecule has 1 aliphatic carbocycles. The first-order valence-electron chi connectivity index (χ1n) is 9.35. The fourth-order valence-electron chi connectivity index (χ4n) is 3.84. The lowest BCUT2D eigenvalue weighted by Crippen LogP contribution is -2.48. The van der Waals surface area contributed by atoms with Crippen LogP contribution in [0.25, 0.3) is 0 Å². The second-order valence-electron chi connectivity index (χ2n) is 7.37. The zero-order valence-electron chi connectivity index (χ0n) is 14.8. The van der Waals surface area contributed by atoms with Crippen LogP contribution in [0.15, 0.2) is 30.6 Å². The molecule has 5 rings (SSSR count). The Labute approximate surface area is 156 Å². The SMILES string of the molecule is O=C(CC1CC1)c1ccc2c(n1)N(C(=O)Nc1ncccn1)[C@H]1CCN2C1. The number of urea groups is 1. The van der Waals surface area contributed by atoms with Crippen molar-refractivity contribution >= 4 is 29.3 Å². The van der Waals surface area contributed by atoms with Crippen LogP contribution in [0.4, 0.5) is 22.2 Å². The second kappa shape index (κ2) is 6.29. The number of hydrogen-bond acceptors (Lipinski definition) is 6. The van der Waals surface area contributed by atoms with Crippen molar-refractivity contribution in [3.8, 4) is 0 Å². The molecule has 3 aliphatic rings. The first-order chi connectivity index (χ1) is 13.2. The van der Waals surface area contributed by atoms with Crippen molar-refractivity contribution in [2.75, 3.05) is 28.2 Å². The maximum Gasteiger partial charge on any atom is 0.330 e. The van der Waals surface area contributed by atoms with Gasteiger partial charge in [-0.05, 0) is 43.4 Å². The minimum Gasteiger partial charge on any atom is -0.366 e. The minimum absolute atomic E-state index is 0.0301. The highest BCUT2D eigenvalue weighted by molar-refractivity contribution is 6.04. The Bertz CT molecular complexity index is 898. The summed E-state index contributed by atoms with van der Waals surface area (Å²) in [5, 5.41) is 2.75. The predicted molar refractivity (Wildman–Crippen MR) is 100 cm³/mol. The molecule has 8 nitrogen and oxygen atoms in total. The summed E-state index contributed by atoms with van der Waals surface area (Å²) >= 11 is 0. The zero-order chi connectivity index (χ0) is 18.4. The number of carbonyl (C=O) groups excluding carboxylic acids is 2. The van der Waals surface area contributed by atoms with Gasteiger partial charge in [-0.3, -0.25) is 15.0 Å². The molecular weight excluding hydrogens is 344 g/mol. The highest BCUT2D eigenvalue weighted by Crippen LogP contribution is 2.40. The summed E-state index contributed by atoms with van der Waals surface area (Å²) in [6, 6.07) is 5.12. The molecule has 2 aromatic rings. The average Bonchev–Trinajstić information content (AvgIpc) is 3.40. The third-order valence-electron chi connectivity index (χ3n) is 5.41. The molecule has 2 fully saturated rings. The molecule has 138 valence electrons. The molecule has 0 spiro atoms. The Morgan fingerprint density at radius 3 is 2.74 bits per heavy atom. The number of anilines is 3. The van der Waals surface area contributed by atoms with E-state index in [2.05, 4.69) is 25.2 Å². The van der Waals surface area contributed by atoms with E-state index in [9.17, 15) is 9.59 Å². The van der Waals surface area contributed by atoms with Gasteiger partial charge >= 0.3 is 6.03 Å². The first-order valence-corrected chi connectivity index (χ1v) is 9.35. The summed E-state index contributed by atoms with van der Waals surface area (Å²) in [5.41, 5.74) is 1.34. The first kappa shape index (κ1) is 16.2. The van der Waals surface area contributed by atoms with Crippen molar-refractivity contribution in [3.05, 3.63) is 36.3 Å². The number of nitrogens with one attached hydrogen (secondary N) is 1. The molecule has 0 radical (unpaired) electrons. The number of hydrogen-bond donors (Lipinski definition) is 1. The smallest absolute Gasteiger partial charge is 0.330 e. The monoisotopic (exact) mass is 364 g/mol. The molecule has 8 heteroatoms. The number of amides is 2. The Hall–Kier alpha value is -3.03. The fraction of sp³-hybridized carbons (Fsp3) is 0.421. The van der Waals surface area contributed by atoms with Crippen LogP contribution in [0.5, 0.6) is 0 Å². The maximum absolute atomic E-state index is 13.0. The maximum atomic E-state index is 13.0. The van der Waals surface area contributed by atoms with E-state index in [1.54, 1.807) is 29.4 Å². The van der Waals surface area contributed by atoms with Crippen LogP contribution >= 0.6 is 0 Å². The number of ketones is 1. The van der Waals surface area contributed by atoms with E-state index in [0.29, 0.717) is 23.9 Å². The second-order valence-corrected chi connectivity index (χ2v) is 7.37. The summed E-state index contributed by atoms with van der Waals surface area (Å²) in [4.78, 5) is 42.1. The number of aromatic nitrogens is 3. The van der Waals surface area contributed by atoms with Crippen LogP contribution < -0.4 is 15.1 Å². The van der Waals surface area contributed by atoms with Crippen LogP contribution in [0, 0.1) is 5.92 Å². The van der Waals surface area contributed by atoms with Gasteiger partial charge in [-0.15, -0.1) is 0 Å². The van der Waals surface area contributed by atoms with E-state index >= 15 is 0 Å². The van der Waals surface area contributed by atoms with E-state index < -0.39 is 0 Å². The number of fused-ring (bicyclic) bond motifs is 4. The van der Waals surface area contributed by atoms with Crippen LogP contribution in [0.3, 0.4) is 0 Å². The van der Waals surface area contributed by atoms with Gasteiger partial charge in [0.15, 0.2) is 11.6 Å². The number of nitrogens with zero attached hydrogens (tertiary/aromatic N) is 5. The van der Waals surface area contributed by atoms with Gasteiger partial charge in [0.2, 0.25) is 5.95 Å². The highest BCUT2D eigenvalue weighted by Gasteiger charge is 2.40. The van der Waals surface area contributed by atoms with E-state index in [1.165, 1.54) is 0 Å². The minimum atomic E-state index is -0.312. The van der Waals surface area contributed by atoms with Crippen LogP contribution in [-0.2, 0) is 0 Å². The largest absolute Gasteiger partial charge is 0.366 e. The lowest BCUT2D eigenvalue weighted by Gasteiger charge is -2.35. The molecule has 2 amide bonds. The lowest BCUT2D eigenvalue weighted by atomic mass is 10.1. The van der Waals surface area contributed by atoms with Gasteiger partial charge in [0.1, 0.15) is 5.69 Å². The van der Waals surface area contributed by atoms with Crippen LogP contribution in [-0.4, -0.2) is 45.9 Å². The molecule has 2 aliphatic heterocycles. The number of carbonyl (C=O) groups is 2. The van der Waals surface area contributed by atoms with Crippen molar-refractivity contribution < 1.29 is 9.59 Å². The van der Waals surface area contributed by atoms with Crippen molar-refractivity contribution in [1.82, 2.24) is 15.0 Å². The molecule has 1 N–H and O–H groups in total. The Morgan fingerprint density at radius 1 is 1.15 bits per heavy atom. The van der Waals surface area contributed by atoms with Gasteiger partial charge in [0, 0.05) is 31.9 Å². The van der Waals surface area contributed by atoms with Gasteiger partial charge in [-0.1, -0.05) is 0 Å². The Morgan fingerprint density at radius 2 is 1.96 bits per heavy atom. The van der Waals surface area contributed by atoms with Gasteiger partial charge in [0.25, 0.3) is 0 Å². The Balaban J connectivity index is 1.47. The van der Waals surface area contributed by atoms with E-state index in [-0.39, 0.29) is 23.8 Å². The Kier molecular flexibility index (Phi) is 3.77. The van der Waals surface area contributed by atoms with Gasteiger partial charge < -0.3 is 4.90 Å². The molecule has 0 aromatic carbocycles. The quantitative estimate of drug-likeness (QED) is 0.838. The van der Waals surface area contributed by atoms with Crippen molar-refractivity contribution in [1.29, 1.82) is 0 Å². The topological polar surface area (TPSA) is 91.3 Å². The fourth-order valence-corrected chi connectivity index (χ4v) is 3.84. The normalized spacial score (nSPS) is 20.4. The van der Waals surface area contributed by atoms with E-state index in [1.807, 2.05) is 6.07 Å². The van der Waals surface area contributed by atoms with Crippen LogP contribution in [0.2, 0.25) is 0 Å². The van der Waals surface area contributed by atoms with E-state index in [4.69, 9.17) is 0 Å². The third-order valence-corrected chi connectivity index (χ3v) is 5.41. The van der Waals surface area contributed by atoms with Crippen molar-refractivity contribution in [2.24, 2.45) is 5.92 Å². The molecule has 1 saturated heterocycles. The van der Waals surface area contributed by atoms with Crippen LogP contribution in [0.1, 0.15) is 36.2 Å². The van der Waals surface area contributed by atoms with Crippen molar-refractivity contribution in [3.63, 3.8) is 0 Å². The van der Waals surface area contributed by atoms with Gasteiger partial charge in [-0.2, -0.15) is 0 Å². The third kappa shape index (κ3) is 3.01. The van der Waals surface area contributed by atoms with Crippen molar-refractivity contribution in [2.45, 2.75) is 31.7 Å². The molecule has 2 aromatic heterocycles. The summed E-state index contributed by atoms with van der Waals surface area (Å²) < 4.78 is 0. The molecular formula is C19H20N6O2. The highest BCUT2D eigenvalue weighted by atomic mass is 16.2. The summed E-state index contributed by atoms with van der Waals surface area (Å²) in [6.07, 6.45) is 6.82. The molecule has 2 bridgehead atoms. The summed E-state index contributed by atoms with van der Waals surface area (Å²) in [7, 11) is 0.